The molecule has 1 rings (SSSR count). The van der Waals surface area contributed by atoms with E-state index in [9.17, 15) is 9.59 Å². The highest BCUT2D eigenvalue weighted by Crippen LogP contribution is 2.16. The van der Waals surface area contributed by atoms with Crippen LogP contribution in [-0.2, 0) is 4.79 Å². The molecule has 0 aromatic carbocycles. The summed E-state index contributed by atoms with van der Waals surface area (Å²) >= 11 is 0. The van der Waals surface area contributed by atoms with Gasteiger partial charge in [0.05, 0.1) is 0 Å². The summed E-state index contributed by atoms with van der Waals surface area (Å²) in [6.45, 7) is 5.56. The fourth-order valence-corrected chi connectivity index (χ4v) is 0.914. The van der Waals surface area contributed by atoms with Gasteiger partial charge in [0.15, 0.2) is 0 Å². The first-order valence-electron chi connectivity index (χ1n) is 3.85. The average Bonchev–Trinajstić information content (AvgIpc) is 1.97. The van der Waals surface area contributed by atoms with Crippen LogP contribution in [0.4, 0.5) is 4.79 Å². The third-order valence-electron chi connectivity index (χ3n) is 2.29. The van der Waals surface area contributed by atoms with Gasteiger partial charge in [-0.25, -0.2) is 10.2 Å². The Kier molecular flexibility index (Phi) is 2.06. The molecule has 0 bridgehead atoms. The van der Waals surface area contributed by atoms with Crippen LogP contribution in [0.15, 0.2) is 0 Å². The number of imide groups is 1. The zero-order chi connectivity index (χ0) is 9.35. The molecule has 3 amide bonds. The van der Waals surface area contributed by atoms with E-state index in [-0.39, 0.29) is 11.8 Å². The highest BCUT2D eigenvalue weighted by molar-refractivity contribution is 6.01. The summed E-state index contributed by atoms with van der Waals surface area (Å²) < 4.78 is 0. The van der Waals surface area contributed by atoms with Crippen LogP contribution < -0.4 is 16.2 Å². The second-order valence-electron chi connectivity index (χ2n) is 3.39. The normalized spacial score (nSPS) is 30.0. The largest absolute Gasteiger partial charge is 0.335 e. The smallest absolute Gasteiger partial charge is 0.275 e. The lowest BCUT2D eigenvalue weighted by molar-refractivity contribution is -0.129. The van der Waals surface area contributed by atoms with Gasteiger partial charge < -0.3 is 0 Å². The first-order valence-corrected chi connectivity index (χ1v) is 3.85. The van der Waals surface area contributed by atoms with Gasteiger partial charge in [0.2, 0.25) is 5.91 Å². The van der Waals surface area contributed by atoms with Crippen LogP contribution in [0.1, 0.15) is 20.8 Å². The maximum Gasteiger partial charge on any atom is 0.335 e. The first-order chi connectivity index (χ1) is 5.47. The fraction of sp³-hybridized carbons (Fsp3) is 0.714. The van der Waals surface area contributed by atoms with Gasteiger partial charge in [0, 0.05) is 0 Å². The van der Waals surface area contributed by atoms with E-state index in [1.54, 1.807) is 6.92 Å². The maximum atomic E-state index is 11.3. The Bertz CT molecular complexity index is 227. The highest BCUT2D eigenvalue weighted by atomic mass is 16.2. The van der Waals surface area contributed by atoms with E-state index in [0.29, 0.717) is 0 Å². The molecule has 68 valence electrons. The predicted octanol–water partition coefficient (Wildman–Crippen LogP) is -0.255. The molecule has 5 heteroatoms. The molecule has 0 aromatic heterocycles. The predicted molar refractivity (Wildman–Crippen MR) is 43.1 cm³/mol. The summed E-state index contributed by atoms with van der Waals surface area (Å²) in [6.07, 6.45) is 0. The molecule has 3 N–H and O–H groups in total. The Balaban J connectivity index is 2.80. The van der Waals surface area contributed by atoms with Crippen molar-refractivity contribution in [3.8, 4) is 0 Å². The van der Waals surface area contributed by atoms with E-state index < -0.39 is 11.6 Å². The number of amides is 3. The van der Waals surface area contributed by atoms with Gasteiger partial charge in [0.25, 0.3) is 0 Å². The lowest BCUT2D eigenvalue weighted by atomic mass is 9.88. The standard InChI is InChI=1S/C7H13N3O2/c1-4(2)7(3)5(11)8-6(12)9-10-7/h4,10H,1-3H3,(H2,8,9,11,12). The molecule has 5 nitrogen and oxygen atoms in total. The van der Waals surface area contributed by atoms with Crippen molar-refractivity contribution in [2.75, 3.05) is 0 Å². The van der Waals surface area contributed by atoms with E-state index in [0.717, 1.165) is 0 Å². The van der Waals surface area contributed by atoms with Gasteiger partial charge in [-0.3, -0.25) is 15.5 Å². The van der Waals surface area contributed by atoms with Crippen LogP contribution in [-0.4, -0.2) is 17.5 Å². The summed E-state index contributed by atoms with van der Waals surface area (Å²) in [7, 11) is 0. The van der Waals surface area contributed by atoms with Gasteiger partial charge in [-0.2, -0.15) is 0 Å². The monoisotopic (exact) mass is 171 g/mol. The number of hydrogen-bond donors (Lipinski definition) is 3. The van der Waals surface area contributed by atoms with Crippen molar-refractivity contribution in [2.24, 2.45) is 5.92 Å². The van der Waals surface area contributed by atoms with Crippen molar-refractivity contribution < 1.29 is 9.59 Å². The third-order valence-corrected chi connectivity index (χ3v) is 2.29. The molecular formula is C7H13N3O2. The molecular weight excluding hydrogens is 158 g/mol. The molecule has 1 aliphatic heterocycles. The van der Waals surface area contributed by atoms with Crippen LogP contribution in [0.25, 0.3) is 0 Å². The fourth-order valence-electron chi connectivity index (χ4n) is 0.914. The molecule has 0 aliphatic carbocycles. The summed E-state index contributed by atoms with van der Waals surface area (Å²) in [6, 6.07) is -0.502. The van der Waals surface area contributed by atoms with Crippen LogP contribution in [0, 0.1) is 5.92 Å². The molecule has 1 atom stereocenters. The summed E-state index contributed by atoms with van der Waals surface area (Å²) in [5.74, 6) is -0.181. The van der Waals surface area contributed by atoms with E-state index >= 15 is 0 Å². The molecule has 0 aromatic rings. The number of carbonyl (C=O) groups excluding carboxylic acids is 2. The van der Waals surface area contributed by atoms with E-state index in [1.807, 2.05) is 13.8 Å². The minimum Gasteiger partial charge on any atom is -0.275 e. The molecule has 1 saturated heterocycles. The van der Waals surface area contributed by atoms with Crippen LogP contribution >= 0.6 is 0 Å². The van der Waals surface area contributed by atoms with Crippen molar-refractivity contribution in [1.82, 2.24) is 16.2 Å². The second kappa shape index (κ2) is 2.75. The van der Waals surface area contributed by atoms with E-state index in [1.165, 1.54) is 0 Å². The lowest BCUT2D eigenvalue weighted by Crippen LogP contribution is -2.71. The van der Waals surface area contributed by atoms with Gasteiger partial charge in [-0.1, -0.05) is 13.8 Å². The molecule has 1 heterocycles. The van der Waals surface area contributed by atoms with E-state index in [4.69, 9.17) is 0 Å². The molecule has 0 radical (unpaired) electrons. The Labute approximate surface area is 70.9 Å². The zero-order valence-corrected chi connectivity index (χ0v) is 7.39. The Hall–Kier alpha value is -1.10. The van der Waals surface area contributed by atoms with E-state index in [2.05, 4.69) is 16.2 Å². The van der Waals surface area contributed by atoms with Gasteiger partial charge in [-0.05, 0) is 12.8 Å². The molecule has 1 unspecified atom stereocenters. The molecule has 0 saturated carbocycles. The number of hydrazine groups is 1. The summed E-state index contributed by atoms with van der Waals surface area (Å²) in [5.41, 5.74) is 4.33. The molecule has 1 aliphatic rings. The zero-order valence-electron chi connectivity index (χ0n) is 7.39. The minimum atomic E-state index is -0.714. The molecule has 1 fully saturated rings. The van der Waals surface area contributed by atoms with Crippen LogP contribution in [0.3, 0.4) is 0 Å². The molecule has 12 heavy (non-hydrogen) atoms. The Morgan fingerprint density at radius 3 is 2.33 bits per heavy atom. The lowest BCUT2D eigenvalue weighted by Gasteiger charge is -2.36. The number of hydrogen-bond acceptors (Lipinski definition) is 3. The number of urea groups is 1. The quantitative estimate of drug-likeness (QED) is 0.509. The number of rotatable bonds is 1. The first kappa shape index (κ1) is 8.99. The van der Waals surface area contributed by atoms with Gasteiger partial charge in [-0.15, -0.1) is 0 Å². The second-order valence-corrected chi connectivity index (χ2v) is 3.39. The van der Waals surface area contributed by atoms with Crippen molar-refractivity contribution in [1.29, 1.82) is 0 Å². The molecule has 0 spiro atoms. The number of carbonyl (C=O) groups is 2. The number of nitrogens with one attached hydrogen (secondary N) is 3. The average molecular weight is 171 g/mol. The highest BCUT2D eigenvalue weighted by Gasteiger charge is 2.40. The SMILES string of the molecule is CC(C)C1(C)NNC(=O)NC1=O. The minimum absolute atomic E-state index is 0.109. The van der Waals surface area contributed by atoms with Crippen LogP contribution in [0.2, 0.25) is 0 Å². The van der Waals surface area contributed by atoms with Crippen molar-refractivity contribution in [3.05, 3.63) is 0 Å². The van der Waals surface area contributed by atoms with Crippen molar-refractivity contribution in [3.63, 3.8) is 0 Å². The van der Waals surface area contributed by atoms with Gasteiger partial charge in [0.1, 0.15) is 5.54 Å². The van der Waals surface area contributed by atoms with Crippen LogP contribution in [0.5, 0.6) is 0 Å². The van der Waals surface area contributed by atoms with Crippen molar-refractivity contribution >= 4 is 11.9 Å². The Morgan fingerprint density at radius 1 is 1.33 bits per heavy atom. The summed E-state index contributed by atoms with van der Waals surface area (Å²) in [4.78, 5) is 22.0. The topological polar surface area (TPSA) is 70.2 Å². The maximum absolute atomic E-state index is 11.3. The van der Waals surface area contributed by atoms with Gasteiger partial charge >= 0.3 is 6.03 Å². The van der Waals surface area contributed by atoms with Crippen molar-refractivity contribution in [2.45, 2.75) is 26.3 Å². The summed E-state index contributed by atoms with van der Waals surface area (Å²) in [5, 5.41) is 2.20. The third kappa shape index (κ3) is 1.27. The Morgan fingerprint density at radius 2 is 1.92 bits per heavy atom.